The highest BCUT2D eigenvalue weighted by atomic mass is 32.2. The fourth-order valence-corrected chi connectivity index (χ4v) is 6.39. The number of ether oxygens (including phenoxy) is 1. The topological polar surface area (TPSA) is 96.0 Å². The molecule has 1 saturated carbocycles. The highest BCUT2D eigenvalue weighted by Gasteiger charge is 2.59. The molecule has 1 aliphatic carbocycles. The van der Waals surface area contributed by atoms with Gasteiger partial charge in [-0.2, -0.15) is 0 Å². The maximum atomic E-state index is 13.1. The molecule has 1 N–H and O–H groups in total. The molecule has 2 aromatic carbocycles. The van der Waals surface area contributed by atoms with Crippen molar-refractivity contribution in [3.63, 3.8) is 0 Å². The quantitative estimate of drug-likeness (QED) is 0.623. The second-order valence-corrected chi connectivity index (χ2v) is 12.9. The van der Waals surface area contributed by atoms with E-state index in [9.17, 15) is 18.6 Å². The summed E-state index contributed by atoms with van der Waals surface area (Å²) < 4.78 is 21.3. The van der Waals surface area contributed by atoms with Crippen molar-refractivity contribution in [2.24, 2.45) is 5.41 Å². The summed E-state index contributed by atoms with van der Waals surface area (Å²) in [6, 6.07) is 15.8. The summed E-state index contributed by atoms with van der Waals surface area (Å²) >= 11 is 0. The molecule has 2 heterocycles. The summed E-state index contributed by atoms with van der Waals surface area (Å²) in [4.78, 5) is 42.0. The van der Waals surface area contributed by atoms with Gasteiger partial charge in [0.2, 0.25) is 0 Å². The molecule has 3 amide bonds. The zero-order chi connectivity index (χ0) is 25.7. The third kappa shape index (κ3) is 4.35. The Labute approximate surface area is 213 Å². The lowest BCUT2D eigenvalue weighted by atomic mass is 9.75. The number of fused-ring (bicyclic) bond motifs is 1. The molecule has 36 heavy (non-hydrogen) atoms. The molecular weight excluding hydrogens is 478 g/mol. The minimum Gasteiger partial charge on any atom is -0.445 e. The van der Waals surface area contributed by atoms with Crippen molar-refractivity contribution < 1.29 is 23.3 Å². The summed E-state index contributed by atoms with van der Waals surface area (Å²) in [6.45, 7) is 6.71. The molecule has 1 spiro atoms. The average molecular weight is 510 g/mol. The van der Waals surface area contributed by atoms with Gasteiger partial charge in [0.25, 0.3) is 11.8 Å². The van der Waals surface area contributed by atoms with E-state index < -0.39 is 27.2 Å². The molecule has 0 bridgehead atoms. The lowest BCUT2D eigenvalue weighted by Gasteiger charge is -2.51. The van der Waals surface area contributed by atoms with Gasteiger partial charge in [0.15, 0.2) is 0 Å². The minimum atomic E-state index is -1.34. The van der Waals surface area contributed by atoms with Crippen LogP contribution in [0.5, 0.6) is 0 Å². The highest BCUT2D eigenvalue weighted by Crippen LogP contribution is 2.49. The zero-order valence-electron chi connectivity index (χ0n) is 20.7. The second kappa shape index (κ2) is 9.12. The Morgan fingerprint density at radius 2 is 1.61 bits per heavy atom. The summed E-state index contributed by atoms with van der Waals surface area (Å²) in [5.74, 6) is -0.571. The summed E-state index contributed by atoms with van der Waals surface area (Å²) in [5, 5.41) is 0. The van der Waals surface area contributed by atoms with Gasteiger partial charge in [0.1, 0.15) is 6.61 Å². The standard InChI is InChI=1S/C27H31N3O5S/c1-26(2,3)36(34)28-22-13-19(30-23(31)20-11-7-8-12-21(20)24(30)32)14-27(22)16-29(17-27)25(33)35-15-18-9-5-4-6-10-18/h4-12,19,22,28H,13-17H2,1-3H3/t19-,22-,36-/m1/s1. The van der Waals surface area contributed by atoms with Gasteiger partial charge < -0.3 is 9.64 Å². The maximum Gasteiger partial charge on any atom is 0.410 e. The predicted molar refractivity (Wildman–Crippen MR) is 135 cm³/mol. The Balaban J connectivity index is 1.31. The first-order chi connectivity index (χ1) is 17.1. The van der Waals surface area contributed by atoms with Crippen LogP contribution in [0.4, 0.5) is 4.79 Å². The van der Waals surface area contributed by atoms with E-state index >= 15 is 0 Å². The van der Waals surface area contributed by atoms with Crippen LogP contribution in [0.15, 0.2) is 54.6 Å². The van der Waals surface area contributed by atoms with Crippen LogP contribution in [-0.2, 0) is 22.3 Å². The van der Waals surface area contributed by atoms with Crippen LogP contribution in [0, 0.1) is 5.41 Å². The van der Waals surface area contributed by atoms with Crippen molar-refractivity contribution in [2.45, 2.75) is 57.1 Å². The molecule has 1 saturated heterocycles. The Bertz CT molecular complexity index is 1180. The average Bonchev–Trinajstić information content (AvgIpc) is 3.32. The fourth-order valence-electron chi connectivity index (χ4n) is 5.44. The van der Waals surface area contributed by atoms with E-state index in [4.69, 9.17) is 4.74 Å². The number of hydrogen-bond donors (Lipinski definition) is 1. The van der Waals surface area contributed by atoms with Crippen molar-refractivity contribution in [3.8, 4) is 0 Å². The van der Waals surface area contributed by atoms with Gasteiger partial charge in [-0.25, -0.2) is 13.7 Å². The van der Waals surface area contributed by atoms with Crippen LogP contribution >= 0.6 is 0 Å². The van der Waals surface area contributed by atoms with Gasteiger partial charge in [-0.3, -0.25) is 14.5 Å². The highest BCUT2D eigenvalue weighted by molar-refractivity contribution is 7.84. The number of nitrogens with one attached hydrogen (secondary N) is 1. The number of carbonyl (C=O) groups is 3. The zero-order valence-corrected chi connectivity index (χ0v) is 21.5. The Morgan fingerprint density at radius 1 is 1.03 bits per heavy atom. The largest absolute Gasteiger partial charge is 0.445 e. The Kier molecular flexibility index (Phi) is 6.24. The molecule has 3 aliphatic rings. The van der Waals surface area contributed by atoms with E-state index in [0.29, 0.717) is 37.1 Å². The third-order valence-electron chi connectivity index (χ3n) is 7.36. The van der Waals surface area contributed by atoms with E-state index in [0.717, 1.165) is 5.56 Å². The smallest absolute Gasteiger partial charge is 0.410 e. The first-order valence-corrected chi connectivity index (χ1v) is 13.3. The maximum absolute atomic E-state index is 13.1. The van der Waals surface area contributed by atoms with Gasteiger partial charge in [0.05, 0.1) is 26.9 Å². The molecule has 9 heteroatoms. The number of rotatable bonds is 5. The van der Waals surface area contributed by atoms with Crippen LogP contribution in [0.1, 0.15) is 59.9 Å². The molecule has 5 rings (SSSR count). The summed E-state index contributed by atoms with van der Waals surface area (Å²) in [7, 11) is -1.34. The molecule has 190 valence electrons. The number of carbonyl (C=O) groups excluding carboxylic acids is 3. The number of benzene rings is 2. The SMILES string of the molecule is CC(C)(C)[S@@](=O)N[C@@H]1C[C@@H](N2C(=O)c3ccccc3C2=O)CC12CN(C(=O)OCc1ccccc1)C2. The minimum absolute atomic E-state index is 0.191. The molecule has 3 atom stereocenters. The molecule has 2 aromatic rings. The van der Waals surface area contributed by atoms with E-state index in [1.54, 1.807) is 29.2 Å². The molecule has 0 aromatic heterocycles. The van der Waals surface area contributed by atoms with Crippen LogP contribution < -0.4 is 4.72 Å². The molecule has 8 nitrogen and oxygen atoms in total. The predicted octanol–water partition coefficient (Wildman–Crippen LogP) is 3.50. The molecule has 2 aliphatic heterocycles. The lowest BCUT2D eigenvalue weighted by molar-refractivity contribution is -0.0158. The number of nitrogens with zero attached hydrogens (tertiary/aromatic N) is 2. The second-order valence-electron chi connectivity index (χ2n) is 10.9. The van der Waals surface area contributed by atoms with E-state index in [1.165, 1.54) is 4.90 Å². The van der Waals surface area contributed by atoms with Crippen molar-refractivity contribution in [3.05, 3.63) is 71.3 Å². The number of hydrogen-bond acceptors (Lipinski definition) is 5. The molecular formula is C27H31N3O5S. The van der Waals surface area contributed by atoms with E-state index in [-0.39, 0.29) is 30.5 Å². The van der Waals surface area contributed by atoms with Gasteiger partial charge in [0, 0.05) is 30.6 Å². The van der Waals surface area contributed by atoms with Crippen LogP contribution in [0.3, 0.4) is 0 Å². The van der Waals surface area contributed by atoms with Crippen molar-refractivity contribution >= 4 is 28.9 Å². The van der Waals surface area contributed by atoms with Gasteiger partial charge in [-0.15, -0.1) is 0 Å². The van der Waals surface area contributed by atoms with Crippen molar-refractivity contribution in [1.29, 1.82) is 0 Å². The lowest BCUT2D eigenvalue weighted by Crippen LogP contribution is -2.65. The van der Waals surface area contributed by atoms with Crippen LogP contribution in [-0.4, -0.2) is 61.8 Å². The first kappa shape index (κ1) is 24.6. The van der Waals surface area contributed by atoms with E-state index in [2.05, 4.69) is 4.72 Å². The fraction of sp³-hybridized carbons (Fsp3) is 0.444. The number of amides is 3. The van der Waals surface area contributed by atoms with Crippen molar-refractivity contribution in [2.75, 3.05) is 13.1 Å². The van der Waals surface area contributed by atoms with Crippen LogP contribution in [0.2, 0.25) is 0 Å². The van der Waals surface area contributed by atoms with Gasteiger partial charge in [-0.1, -0.05) is 42.5 Å². The van der Waals surface area contributed by atoms with Gasteiger partial charge >= 0.3 is 6.09 Å². The van der Waals surface area contributed by atoms with Crippen LogP contribution in [0.25, 0.3) is 0 Å². The molecule has 2 fully saturated rings. The monoisotopic (exact) mass is 509 g/mol. The molecule has 0 unspecified atom stereocenters. The normalized spacial score (nSPS) is 23.5. The summed E-state index contributed by atoms with van der Waals surface area (Å²) in [6.07, 6.45) is 0.629. The van der Waals surface area contributed by atoms with Gasteiger partial charge in [-0.05, 0) is 51.3 Å². The third-order valence-corrected chi connectivity index (χ3v) is 8.97. The summed E-state index contributed by atoms with van der Waals surface area (Å²) in [5.41, 5.74) is 1.36. The number of likely N-dealkylation sites (tertiary alicyclic amines) is 1. The number of imide groups is 1. The first-order valence-electron chi connectivity index (χ1n) is 12.2. The van der Waals surface area contributed by atoms with Crippen molar-refractivity contribution in [1.82, 2.24) is 14.5 Å². The molecule has 0 radical (unpaired) electrons. The van der Waals surface area contributed by atoms with E-state index in [1.807, 2.05) is 51.1 Å². The Morgan fingerprint density at radius 3 is 2.19 bits per heavy atom. The Hall–Kier alpha value is -3.04.